The van der Waals surface area contributed by atoms with Crippen molar-refractivity contribution in [2.75, 3.05) is 13.7 Å². The molecule has 2 heterocycles. The van der Waals surface area contributed by atoms with Crippen LogP contribution in [0.1, 0.15) is 26.1 Å². The fraction of sp³-hybridized carbons (Fsp3) is 0.615. The summed E-state index contributed by atoms with van der Waals surface area (Å²) in [5.74, 6) is 0.983. The lowest BCUT2D eigenvalue weighted by Crippen LogP contribution is -2.30. The molecule has 0 saturated carbocycles. The third-order valence-corrected chi connectivity index (χ3v) is 3.12. The smallest absolute Gasteiger partial charge is 0.330 e. The van der Waals surface area contributed by atoms with Crippen molar-refractivity contribution in [1.29, 1.82) is 0 Å². The third-order valence-electron chi connectivity index (χ3n) is 3.12. The quantitative estimate of drug-likeness (QED) is 0.812. The SMILES string of the molecule is CCCn1c(=O)[nH]c(=O)c2[nH]c(CC(C)COC)nc21. The van der Waals surface area contributed by atoms with E-state index >= 15 is 0 Å². The van der Waals surface area contributed by atoms with Gasteiger partial charge in [-0.1, -0.05) is 13.8 Å². The monoisotopic (exact) mass is 280 g/mol. The van der Waals surface area contributed by atoms with E-state index < -0.39 is 11.2 Å². The minimum absolute atomic E-state index is 0.283. The van der Waals surface area contributed by atoms with Gasteiger partial charge in [0.2, 0.25) is 0 Å². The molecule has 0 aliphatic heterocycles. The largest absolute Gasteiger partial charge is 0.384 e. The van der Waals surface area contributed by atoms with Gasteiger partial charge < -0.3 is 9.72 Å². The molecule has 0 aliphatic rings. The summed E-state index contributed by atoms with van der Waals surface area (Å²) in [5.41, 5.74) is -0.0410. The third kappa shape index (κ3) is 2.82. The van der Waals surface area contributed by atoms with Crippen LogP contribution < -0.4 is 11.2 Å². The summed E-state index contributed by atoms with van der Waals surface area (Å²) < 4.78 is 6.59. The molecule has 20 heavy (non-hydrogen) atoms. The average Bonchev–Trinajstić information content (AvgIpc) is 2.78. The van der Waals surface area contributed by atoms with Crippen LogP contribution in [0.2, 0.25) is 0 Å². The Bertz CT molecular complexity index is 698. The van der Waals surface area contributed by atoms with Crippen LogP contribution in [-0.4, -0.2) is 33.2 Å². The molecule has 0 aliphatic carbocycles. The standard InChI is InChI=1S/C13H20N4O3/c1-4-5-17-11-10(12(18)16-13(17)19)14-9(15-11)6-8(2)7-20-3/h8H,4-7H2,1-3H3,(H,14,15)(H,16,18,19). The van der Waals surface area contributed by atoms with Crippen molar-refractivity contribution in [2.24, 2.45) is 5.92 Å². The van der Waals surface area contributed by atoms with Crippen LogP contribution in [-0.2, 0) is 17.7 Å². The van der Waals surface area contributed by atoms with Gasteiger partial charge in [0.25, 0.3) is 5.56 Å². The number of hydrogen-bond acceptors (Lipinski definition) is 4. The number of hydrogen-bond donors (Lipinski definition) is 2. The number of nitrogens with zero attached hydrogens (tertiary/aromatic N) is 2. The van der Waals surface area contributed by atoms with Crippen LogP contribution in [0.3, 0.4) is 0 Å². The van der Waals surface area contributed by atoms with Crippen LogP contribution >= 0.6 is 0 Å². The molecule has 0 bridgehead atoms. The predicted molar refractivity (Wildman–Crippen MR) is 76.0 cm³/mol. The second-order valence-corrected chi connectivity index (χ2v) is 5.06. The van der Waals surface area contributed by atoms with Crippen molar-refractivity contribution in [2.45, 2.75) is 33.2 Å². The summed E-state index contributed by atoms with van der Waals surface area (Å²) in [6, 6.07) is 0. The Labute approximate surface area is 116 Å². The first-order valence-electron chi connectivity index (χ1n) is 6.77. The highest BCUT2D eigenvalue weighted by molar-refractivity contribution is 5.69. The van der Waals surface area contributed by atoms with Crippen LogP contribution in [0.25, 0.3) is 11.2 Å². The highest BCUT2D eigenvalue weighted by atomic mass is 16.5. The number of aryl methyl sites for hydroxylation is 1. The zero-order chi connectivity index (χ0) is 14.7. The number of methoxy groups -OCH3 is 1. The second-order valence-electron chi connectivity index (χ2n) is 5.06. The summed E-state index contributed by atoms with van der Waals surface area (Å²) in [7, 11) is 1.65. The number of nitrogens with one attached hydrogen (secondary N) is 2. The predicted octanol–water partition coefficient (Wildman–Crippen LogP) is 0.648. The number of fused-ring (bicyclic) bond motifs is 1. The van der Waals surface area contributed by atoms with Gasteiger partial charge in [0.05, 0.1) is 0 Å². The summed E-state index contributed by atoms with van der Waals surface area (Å²) in [5, 5.41) is 0. The van der Waals surface area contributed by atoms with E-state index in [9.17, 15) is 9.59 Å². The first-order chi connectivity index (χ1) is 9.56. The summed E-state index contributed by atoms with van der Waals surface area (Å²) >= 11 is 0. The van der Waals surface area contributed by atoms with Crippen molar-refractivity contribution in [3.63, 3.8) is 0 Å². The van der Waals surface area contributed by atoms with Gasteiger partial charge in [0.1, 0.15) is 11.3 Å². The van der Waals surface area contributed by atoms with E-state index in [1.54, 1.807) is 7.11 Å². The summed E-state index contributed by atoms with van der Waals surface area (Å²) in [4.78, 5) is 33.4. The fourth-order valence-corrected chi connectivity index (χ4v) is 2.29. The minimum atomic E-state index is -0.421. The van der Waals surface area contributed by atoms with Gasteiger partial charge in [-0.2, -0.15) is 0 Å². The number of ether oxygens (including phenoxy) is 1. The molecule has 0 radical (unpaired) electrons. The Morgan fingerprint density at radius 2 is 2.10 bits per heavy atom. The Kier molecular flexibility index (Phi) is 4.39. The van der Waals surface area contributed by atoms with Crippen LogP contribution in [0.4, 0.5) is 0 Å². The van der Waals surface area contributed by atoms with Crippen molar-refractivity contribution < 1.29 is 4.74 Å². The van der Waals surface area contributed by atoms with E-state index in [0.717, 1.165) is 6.42 Å². The first kappa shape index (κ1) is 14.5. The molecule has 1 unspecified atom stereocenters. The van der Waals surface area contributed by atoms with E-state index in [2.05, 4.69) is 15.0 Å². The van der Waals surface area contributed by atoms with Gasteiger partial charge in [-0.15, -0.1) is 0 Å². The van der Waals surface area contributed by atoms with E-state index in [-0.39, 0.29) is 5.92 Å². The van der Waals surface area contributed by atoms with Crippen molar-refractivity contribution in [1.82, 2.24) is 19.5 Å². The van der Waals surface area contributed by atoms with Crippen LogP contribution in [0.15, 0.2) is 9.59 Å². The van der Waals surface area contributed by atoms with E-state index in [0.29, 0.717) is 36.6 Å². The molecule has 110 valence electrons. The zero-order valence-corrected chi connectivity index (χ0v) is 12.0. The maximum Gasteiger partial charge on any atom is 0.330 e. The molecule has 7 nitrogen and oxygen atoms in total. The highest BCUT2D eigenvalue weighted by Gasteiger charge is 2.14. The van der Waals surface area contributed by atoms with E-state index in [1.807, 2.05) is 13.8 Å². The highest BCUT2D eigenvalue weighted by Crippen LogP contribution is 2.10. The Hall–Kier alpha value is -1.89. The number of aromatic nitrogens is 4. The van der Waals surface area contributed by atoms with Crippen molar-refractivity contribution >= 4 is 11.2 Å². The molecule has 2 rings (SSSR count). The molecule has 0 aromatic carbocycles. The fourth-order valence-electron chi connectivity index (χ4n) is 2.29. The van der Waals surface area contributed by atoms with Gasteiger partial charge >= 0.3 is 5.69 Å². The lowest BCUT2D eigenvalue weighted by Gasteiger charge is -2.06. The molecule has 0 saturated heterocycles. The lowest BCUT2D eigenvalue weighted by atomic mass is 10.1. The Balaban J connectivity index is 2.47. The number of H-pyrrole nitrogens is 2. The Morgan fingerprint density at radius 1 is 1.35 bits per heavy atom. The molecular formula is C13H20N4O3. The Morgan fingerprint density at radius 3 is 2.75 bits per heavy atom. The number of imidazole rings is 1. The van der Waals surface area contributed by atoms with E-state index in [1.165, 1.54) is 4.57 Å². The zero-order valence-electron chi connectivity index (χ0n) is 12.0. The maximum atomic E-state index is 11.8. The minimum Gasteiger partial charge on any atom is -0.384 e. The molecule has 0 spiro atoms. The molecule has 2 N–H and O–H groups in total. The summed E-state index contributed by atoms with van der Waals surface area (Å²) in [6.45, 7) is 5.16. The van der Waals surface area contributed by atoms with Gasteiger partial charge in [-0.05, 0) is 12.3 Å². The van der Waals surface area contributed by atoms with Gasteiger partial charge in [-0.25, -0.2) is 9.78 Å². The number of aromatic amines is 2. The second kappa shape index (κ2) is 6.04. The average molecular weight is 280 g/mol. The van der Waals surface area contributed by atoms with Crippen LogP contribution in [0.5, 0.6) is 0 Å². The van der Waals surface area contributed by atoms with Crippen molar-refractivity contribution in [3.8, 4) is 0 Å². The molecule has 7 heteroatoms. The molecule has 2 aromatic heterocycles. The topological polar surface area (TPSA) is 92.8 Å². The van der Waals surface area contributed by atoms with Crippen molar-refractivity contribution in [3.05, 3.63) is 26.7 Å². The lowest BCUT2D eigenvalue weighted by molar-refractivity contribution is 0.159. The molecule has 1 atom stereocenters. The molecule has 0 amide bonds. The van der Waals surface area contributed by atoms with Gasteiger partial charge in [0.15, 0.2) is 5.65 Å². The van der Waals surface area contributed by atoms with Crippen LogP contribution in [0, 0.1) is 5.92 Å². The molecule has 0 fully saturated rings. The van der Waals surface area contributed by atoms with E-state index in [4.69, 9.17) is 4.74 Å². The summed E-state index contributed by atoms with van der Waals surface area (Å²) in [6.07, 6.45) is 1.46. The molecular weight excluding hydrogens is 260 g/mol. The van der Waals surface area contributed by atoms with Gasteiger partial charge in [-0.3, -0.25) is 14.3 Å². The normalized spacial score (nSPS) is 12.9. The van der Waals surface area contributed by atoms with Gasteiger partial charge in [0, 0.05) is 26.7 Å². The maximum absolute atomic E-state index is 11.8. The number of rotatable bonds is 6. The molecule has 2 aromatic rings. The first-order valence-corrected chi connectivity index (χ1v) is 6.77.